The number of aromatic nitrogens is 2. The minimum Gasteiger partial charge on any atom is -0.364 e. The zero-order chi connectivity index (χ0) is 13.3. The van der Waals surface area contributed by atoms with E-state index < -0.39 is 5.91 Å². The third-order valence-corrected chi connectivity index (χ3v) is 3.56. The maximum atomic E-state index is 11.1. The number of primary amides is 1. The number of anilines is 1. The second kappa shape index (κ2) is 4.89. The van der Waals surface area contributed by atoms with E-state index in [1.165, 1.54) is 6.20 Å². The molecule has 1 aromatic rings. The molecule has 0 bridgehead atoms. The van der Waals surface area contributed by atoms with Crippen molar-refractivity contribution in [3.8, 4) is 0 Å². The molecule has 1 saturated heterocycles. The van der Waals surface area contributed by atoms with E-state index in [4.69, 9.17) is 5.73 Å². The van der Waals surface area contributed by atoms with Crippen LogP contribution in [0.25, 0.3) is 0 Å². The van der Waals surface area contributed by atoms with Gasteiger partial charge in [-0.25, -0.2) is 4.98 Å². The van der Waals surface area contributed by atoms with Crippen molar-refractivity contribution in [2.75, 3.05) is 25.0 Å². The number of amides is 1. The molecule has 6 heteroatoms. The van der Waals surface area contributed by atoms with Crippen molar-refractivity contribution in [3.63, 3.8) is 0 Å². The third kappa shape index (κ3) is 2.43. The van der Waals surface area contributed by atoms with Crippen LogP contribution < -0.4 is 10.6 Å². The SMILES string of the molecule is CC1CN(c2cncc(C(N)=O)n2)CC(C)N1C. The molecule has 1 fully saturated rings. The van der Waals surface area contributed by atoms with Crippen molar-refractivity contribution >= 4 is 11.7 Å². The molecule has 0 aliphatic carbocycles. The number of carbonyl (C=O) groups excluding carboxylic acids is 1. The average molecular weight is 249 g/mol. The second-order valence-corrected chi connectivity index (χ2v) is 4.90. The summed E-state index contributed by atoms with van der Waals surface area (Å²) in [6, 6.07) is 0.876. The molecule has 6 nitrogen and oxygen atoms in total. The van der Waals surface area contributed by atoms with E-state index in [2.05, 4.69) is 40.7 Å². The van der Waals surface area contributed by atoms with Crippen LogP contribution in [0.15, 0.2) is 12.4 Å². The average Bonchev–Trinajstić information content (AvgIpc) is 2.35. The van der Waals surface area contributed by atoms with Crippen LogP contribution in [0.4, 0.5) is 5.82 Å². The summed E-state index contributed by atoms with van der Waals surface area (Å²) in [4.78, 5) is 23.9. The van der Waals surface area contributed by atoms with E-state index in [9.17, 15) is 4.79 Å². The summed E-state index contributed by atoms with van der Waals surface area (Å²) in [7, 11) is 2.12. The molecular formula is C12H19N5O. The minimum atomic E-state index is -0.542. The van der Waals surface area contributed by atoms with Gasteiger partial charge in [-0.3, -0.25) is 14.7 Å². The Kier molecular flexibility index (Phi) is 3.47. The molecule has 2 unspecified atom stereocenters. The molecule has 0 saturated carbocycles. The van der Waals surface area contributed by atoms with Crippen molar-refractivity contribution in [3.05, 3.63) is 18.1 Å². The molecule has 0 aromatic carbocycles. The van der Waals surface area contributed by atoms with E-state index in [0.29, 0.717) is 12.1 Å². The first kappa shape index (κ1) is 12.8. The van der Waals surface area contributed by atoms with Crippen molar-refractivity contribution in [2.45, 2.75) is 25.9 Å². The Labute approximate surface area is 107 Å². The van der Waals surface area contributed by atoms with Gasteiger partial charge in [-0.2, -0.15) is 0 Å². The van der Waals surface area contributed by atoms with Gasteiger partial charge in [-0.05, 0) is 20.9 Å². The Morgan fingerprint density at radius 1 is 1.33 bits per heavy atom. The van der Waals surface area contributed by atoms with Crippen molar-refractivity contribution < 1.29 is 4.79 Å². The summed E-state index contributed by atoms with van der Waals surface area (Å²) in [6.45, 7) is 6.09. The first-order chi connectivity index (χ1) is 8.49. The number of piperazine rings is 1. The van der Waals surface area contributed by atoms with Gasteiger partial charge < -0.3 is 10.6 Å². The molecule has 1 aliphatic rings. The molecule has 1 aromatic heterocycles. The lowest BCUT2D eigenvalue weighted by atomic mass is 10.1. The topological polar surface area (TPSA) is 75.4 Å². The summed E-state index contributed by atoms with van der Waals surface area (Å²) < 4.78 is 0. The van der Waals surface area contributed by atoms with Gasteiger partial charge >= 0.3 is 0 Å². The van der Waals surface area contributed by atoms with Gasteiger partial charge in [0.2, 0.25) is 0 Å². The van der Waals surface area contributed by atoms with Gasteiger partial charge in [0, 0.05) is 25.2 Å². The number of hydrogen-bond acceptors (Lipinski definition) is 5. The molecule has 0 radical (unpaired) electrons. The van der Waals surface area contributed by atoms with E-state index in [0.717, 1.165) is 18.9 Å². The monoisotopic (exact) mass is 249 g/mol. The third-order valence-electron chi connectivity index (χ3n) is 3.56. The van der Waals surface area contributed by atoms with Crippen LogP contribution in [0, 0.1) is 0 Å². The summed E-state index contributed by atoms with van der Waals surface area (Å²) in [5.41, 5.74) is 5.44. The number of likely N-dealkylation sites (N-methyl/N-ethyl adjacent to an activating group) is 1. The molecule has 2 rings (SSSR count). The van der Waals surface area contributed by atoms with E-state index >= 15 is 0 Å². The lowest BCUT2D eigenvalue weighted by molar-refractivity contribution is 0.0995. The highest BCUT2D eigenvalue weighted by Crippen LogP contribution is 2.18. The Hall–Kier alpha value is -1.69. The highest BCUT2D eigenvalue weighted by molar-refractivity contribution is 5.90. The Morgan fingerprint density at radius 2 is 1.94 bits per heavy atom. The van der Waals surface area contributed by atoms with Gasteiger partial charge in [0.05, 0.1) is 12.4 Å². The van der Waals surface area contributed by atoms with Gasteiger partial charge in [-0.15, -0.1) is 0 Å². The Morgan fingerprint density at radius 3 is 2.50 bits per heavy atom. The van der Waals surface area contributed by atoms with Gasteiger partial charge in [0.1, 0.15) is 11.5 Å². The fraction of sp³-hybridized carbons (Fsp3) is 0.583. The quantitative estimate of drug-likeness (QED) is 0.805. The fourth-order valence-electron chi connectivity index (χ4n) is 2.22. The highest BCUT2D eigenvalue weighted by atomic mass is 16.1. The molecule has 2 heterocycles. The maximum absolute atomic E-state index is 11.1. The zero-order valence-electron chi connectivity index (χ0n) is 11.0. The van der Waals surface area contributed by atoms with Crippen LogP contribution in [0.1, 0.15) is 24.3 Å². The summed E-state index contributed by atoms with van der Waals surface area (Å²) >= 11 is 0. The molecule has 2 atom stereocenters. The number of carbonyl (C=O) groups is 1. The number of rotatable bonds is 2. The van der Waals surface area contributed by atoms with E-state index in [1.54, 1.807) is 6.20 Å². The Balaban J connectivity index is 2.21. The van der Waals surface area contributed by atoms with Crippen LogP contribution in [-0.2, 0) is 0 Å². The number of nitrogens with two attached hydrogens (primary N) is 1. The van der Waals surface area contributed by atoms with Gasteiger partial charge in [0.25, 0.3) is 5.91 Å². The van der Waals surface area contributed by atoms with Crippen LogP contribution in [-0.4, -0.2) is 53.0 Å². The molecule has 2 N–H and O–H groups in total. The highest BCUT2D eigenvalue weighted by Gasteiger charge is 2.27. The van der Waals surface area contributed by atoms with Crippen LogP contribution in [0.5, 0.6) is 0 Å². The van der Waals surface area contributed by atoms with E-state index in [-0.39, 0.29) is 5.69 Å². The Bertz CT molecular complexity index is 438. The molecule has 18 heavy (non-hydrogen) atoms. The first-order valence-electron chi connectivity index (χ1n) is 6.07. The summed E-state index contributed by atoms with van der Waals surface area (Å²) in [6.07, 6.45) is 3.08. The van der Waals surface area contributed by atoms with Crippen LogP contribution in [0.2, 0.25) is 0 Å². The standard InChI is InChI=1S/C12H19N5O/c1-8-6-17(7-9(2)16(8)3)11-5-14-4-10(15-11)12(13)18/h4-5,8-9H,6-7H2,1-3H3,(H2,13,18). The second-order valence-electron chi connectivity index (χ2n) is 4.90. The first-order valence-corrected chi connectivity index (χ1v) is 6.07. The molecule has 98 valence electrons. The molecule has 0 spiro atoms. The smallest absolute Gasteiger partial charge is 0.268 e. The summed E-state index contributed by atoms with van der Waals surface area (Å²) in [5, 5.41) is 0. The molecule has 1 aliphatic heterocycles. The largest absolute Gasteiger partial charge is 0.364 e. The predicted octanol–water partition coefficient (Wildman–Crippen LogP) is 0.104. The lowest BCUT2D eigenvalue weighted by Gasteiger charge is -2.42. The van der Waals surface area contributed by atoms with Crippen LogP contribution >= 0.6 is 0 Å². The van der Waals surface area contributed by atoms with Gasteiger partial charge in [0.15, 0.2) is 0 Å². The van der Waals surface area contributed by atoms with Crippen molar-refractivity contribution in [2.24, 2.45) is 5.73 Å². The maximum Gasteiger partial charge on any atom is 0.268 e. The van der Waals surface area contributed by atoms with Crippen molar-refractivity contribution in [1.29, 1.82) is 0 Å². The minimum absolute atomic E-state index is 0.215. The summed E-state index contributed by atoms with van der Waals surface area (Å²) in [5.74, 6) is 0.178. The predicted molar refractivity (Wildman–Crippen MR) is 69.4 cm³/mol. The van der Waals surface area contributed by atoms with Gasteiger partial charge in [-0.1, -0.05) is 0 Å². The number of nitrogens with zero attached hydrogens (tertiary/aromatic N) is 4. The number of hydrogen-bond donors (Lipinski definition) is 1. The lowest BCUT2D eigenvalue weighted by Crippen LogP contribution is -2.55. The normalized spacial score (nSPS) is 25.2. The van der Waals surface area contributed by atoms with Crippen LogP contribution in [0.3, 0.4) is 0 Å². The fourth-order valence-corrected chi connectivity index (χ4v) is 2.22. The molecule has 1 amide bonds. The van der Waals surface area contributed by atoms with Crippen molar-refractivity contribution in [1.82, 2.24) is 14.9 Å². The molecular weight excluding hydrogens is 230 g/mol. The van der Waals surface area contributed by atoms with E-state index in [1.807, 2.05) is 0 Å². The zero-order valence-corrected chi connectivity index (χ0v) is 11.0.